The fourth-order valence-electron chi connectivity index (χ4n) is 2.20. The average molecular weight is 171 g/mol. The molecular formula is C10H21NO. The molecule has 2 nitrogen and oxygen atoms in total. The van der Waals surface area contributed by atoms with Gasteiger partial charge in [-0.1, -0.05) is 13.8 Å². The van der Waals surface area contributed by atoms with E-state index in [4.69, 9.17) is 10.5 Å². The molecule has 0 aromatic rings. The first-order valence-corrected chi connectivity index (χ1v) is 5.00. The maximum absolute atomic E-state index is 5.73. The summed E-state index contributed by atoms with van der Waals surface area (Å²) in [7, 11) is 0. The van der Waals surface area contributed by atoms with E-state index in [0.29, 0.717) is 5.41 Å². The van der Waals surface area contributed by atoms with Crippen LogP contribution in [0.1, 0.15) is 33.1 Å². The highest BCUT2D eigenvalue weighted by Crippen LogP contribution is 2.44. The minimum Gasteiger partial charge on any atom is -0.381 e. The Morgan fingerprint density at radius 3 is 2.58 bits per heavy atom. The van der Waals surface area contributed by atoms with Crippen molar-refractivity contribution in [1.29, 1.82) is 0 Å². The van der Waals surface area contributed by atoms with Crippen molar-refractivity contribution in [2.45, 2.75) is 33.1 Å². The van der Waals surface area contributed by atoms with Crippen LogP contribution in [0, 0.1) is 11.3 Å². The van der Waals surface area contributed by atoms with Gasteiger partial charge in [-0.3, -0.25) is 0 Å². The van der Waals surface area contributed by atoms with Gasteiger partial charge in [-0.05, 0) is 25.2 Å². The van der Waals surface area contributed by atoms with E-state index >= 15 is 0 Å². The highest BCUT2D eigenvalue weighted by Gasteiger charge is 2.40. The molecule has 1 aliphatic rings. The SMILES string of the molecule is CCCOCC1(CN)CC(C)C1. The van der Waals surface area contributed by atoms with Crippen LogP contribution in [-0.4, -0.2) is 19.8 Å². The van der Waals surface area contributed by atoms with Gasteiger partial charge in [0.15, 0.2) is 0 Å². The minimum absolute atomic E-state index is 0.342. The first-order valence-electron chi connectivity index (χ1n) is 5.00. The van der Waals surface area contributed by atoms with Gasteiger partial charge in [-0.15, -0.1) is 0 Å². The Bertz CT molecular complexity index is 130. The second-order valence-electron chi connectivity index (χ2n) is 4.27. The maximum atomic E-state index is 5.73. The lowest BCUT2D eigenvalue weighted by Crippen LogP contribution is -2.45. The van der Waals surface area contributed by atoms with E-state index < -0.39 is 0 Å². The largest absolute Gasteiger partial charge is 0.381 e. The highest BCUT2D eigenvalue weighted by atomic mass is 16.5. The van der Waals surface area contributed by atoms with Crippen molar-refractivity contribution < 1.29 is 4.74 Å². The molecule has 0 aliphatic heterocycles. The van der Waals surface area contributed by atoms with Crippen molar-refractivity contribution in [3.63, 3.8) is 0 Å². The van der Waals surface area contributed by atoms with E-state index in [-0.39, 0.29) is 0 Å². The van der Waals surface area contributed by atoms with E-state index in [1.807, 2.05) is 0 Å². The maximum Gasteiger partial charge on any atom is 0.0534 e. The minimum atomic E-state index is 0.342. The predicted octanol–water partition coefficient (Wildman–Crippen LogP) is 1.79. The normalized spacial score (nSPS) is 34.8. The topological polar surface area (TPSA) is 35.2 Å². The van der Waals surface area contributed by atoms with Gasteiger partial charge in [0.25, 0.3) is 0 Å². The van der Waals surface area contributed by atoms with Crippen molar-refractivity contribution in [3.8, 4) is 0 Å². The van der Waals surface area contributed by atoms with Crippen LogP contribution in [0.5, 0.6) is 0 Å². The second-order valence-corrected chi connectivity index (χ2v) is 4.27. The molecule has 0 heterocycles. The van der Waals surface area contributed by atoms with Gasteiger partial charge in [0.05, 0.1) is 6.61 Å². The number of nitrogens with two attached hydrogens (primary N) is 1. The molecule has 0 aromatic carbocycles. The number of ether oxygens (including phenoxy) is 1. The Labute approximate surface area is 75.5 Å². The first-order chi connectivity index (χ1) is 5.72. The molecule has 0 atom stereocenters. The van der Waals surface area contributed by atoms with Gasteiger partial charge in [0.1, 0.15) is 0 Å². The van der Waals surface area contributed by atoms with Crippen LogP contribution in [0.15, 0.2) is 0 Å². The van der Waals surface area contributed by atoms with Crippen molar-refractivity contribution in [2.24, 2.45) is 17.1 Å². The van der Waals surface area contributed by atoms with Crippen LogP contribution in [0.3, 0.4) is 0 Å². The van der Waals surface area contributed by atoms with Gasteiger partial charge in [-0.2, -0.15) is 0 Å². The zero-order valence-corrected chi connectivity index (χ0v) is 8.31. The van der Waals surface area contributed by atoms with E-state index in [9.17, 15) is 0 Å². The Balaban J connectivity index is 2.18. The van der Waals surface area contributed by atoms with Crippen LogP contribution < -0.4 is 5.73 Å². The standard InChI is InChI=1S/C10H21NO/c1-3-4-12-8-10(7-11)5-9(2)6-10/h9H,3-8,11H2,1-2H3. The molecule has 0 bridgehead atoms. The molecule has 0 saturated heterocycles. The summed E-state index contributed by atoms with van der Waals surface area (Å²) in [6, 6.07) is 0. The Morgan fingerprint density at radius 2 is 2.17 bits per heavy atom. The summed E-state index contributed by atoms with van der Waals surface area (Å²) in [6.07, 6.45) is 3.62. The molecule has 0 amide bonds. The van der Waals surface area contributed by atoms with Crippen molar-refractivity contribution >= 4 is 0 Å². The van der Waals surface area contributed by atoms with Crippen LogP contribution in [0.25, 0.3) is 0 Å². The monoisotopic (exact) mass is 171 g/mol. The molecule has 1 rings (SSSR count). The zero-order valence-electron chi connectivity index (χ0n) is 8.31. The molecule has 1 aliphatic carbocycles. The molecular weight excluding hydrogens is 150 g/mol. The summed E-state index contributed by atoms with van der Waals surface area (Å²) in [6.45, 7) is 6.98. The highest BCUT2D eigenvalue weighted by molar-refractivity contribution is 4.92. The molecule has 0 unspecified atom stereocenters. The smallest absolute Gasteiger partial charge is 0.0534 e. The quantitative estimate of drug-likeness (QED) is 0.640. The van der Waals surface area contributed by atoms with Crippen LogP contribution in [-0.2, 0) is 4.74 Å². The fraction of sp³-hybridized carbons (Fsp3) is 1.00. The molecule has 1 fully saturated rings. The molecule has 0 radical (unpaired) electrons. The lowest BCUT2D eigenvalue weighted by atomic mass is 9.63. The van der Waals surface area contributed by atoms with Gasteiger partial charge in [0, 0.05) is 18.6 Å². The Hall–Kier alpha value is -0.0800. The van der Waals surface area contributed by atoms with E-state index in [0.717, 1.165) is 32.1 Å². The summed E-state index contributed by atoms with van der Waals surface area (Å²) in [5.74, 6) is 0.860. The second kappa shape index (κ2) is 4.24. The van der Waals surface area contributed by atoms with Crippen molar-refractivity contribution in [1.82, 2.24) is 0 Å². The summed E-state index contributed by atoms with van der Waals surface area (Å²) in [4.78, 5) is 0. The Kier molecular flexibility index (Phi) is 3.53. The molecule has 2 N–H and O–H groups in total. The summed E-state index contributed by atoms with van der Waals surface area (Å²) in [5.41, 5.74) is 6.08. The van der Waals surface area contributed by atoms with E-state index in [2.05, 4.69) is 13.8 Å². The number of hydrogen-bond donors (Lipinski definition) is 1. The molecule has 2 heteroatoms. The van der Waals surface area contributed by atoms with Gasteiger partial charge >= 0.3 is 0 Å². The average Bonchev–Trinajstić information content (AvgIpc) is 2.01. The fourth-order valence-corrected chi connectivity index (χ4v) is 2.20. The first kappa shape index (κ1) is 10.0. The van der Waals surface area contributed by atoms with E-state index in [1.165, 1.54) is 12.8 Å². The summed E-state index contributed by atoms with van der Waals surface area (Å²) < 4.78 is 5.55. The molecule has 12 heavy (non-hydrogen) atoms. The van der Waals surface area contributed by atoms with Gasteiger partial charge < -0.3 is 10.5 Å². The van der Waals surface area contributed by atoms with Gasteiger partial charge in [-0.25, -0.2) is 0 Å². The predicted molar refractivity (Wildman–Crippen MR) is 51.0 cm³/mol. The molecule has 1 saturated carbocycles. The van der Waals surface area contributed by atoms with Crippen molar-refractivity contribution in [3.05, 3.63) is 0 Å². The number of hydrogen-bond acceptors (Lipinski definition) is 2. The lowest BCUT2D eigenvalue weighted by molar-refractivity contribution is -0.0285. The van der Waals surface area contributed by atoms with Crippen LogP contribution >= 0.6 is 0 Å². The Morgan fingerprint density at radius 1 is 1.50 bits per heavy atom. The third kappa shape index (κ3) is 2.20. The zero-order chi connectivity index (χ0) is 9.03. The third-order valence-electron chi connectivity index (χ3n) is 2.75. The van der Waals surface area contributed by atoms with Gasteiger partial charge in [0.2, 0.25) is 0 Å². The van der Waals surface area contributed by atoms with E-state index in [1.54, 1.807) is 0 Å². The van der Waals surface area contributed by atoms with Crippen LogP contribution in [0.2, 0.25) is 0 Å². The summed E-state index contributed by atoms with van der Waals surface area (Å²) >= 11 is 0. The lowest BCUT2D eigenvalue weighted by Gasteiger charge is -2.45. The molecule has 0 aromatic heterocycles. The summed E-state index contributed by atoms with van der Waals surface area (Å²) in [5, 5.41) is 0. The molecule has 0 spiro atoms. The number of rotatable bonds is 5. The van der Waals surface area contributed by atoms with Crippen molar-refractivity contribution in [2.75, 3.05) is 19.8 Å². The molecule has 72 valence electrons. The van der Waals surface area contributed by atoms with Crippen LogP contribution in [0.4, 0.5) is 0 Å². The third-order valence-corrected chi connectivity index (χ3v) is 2.75.